The number of nitrogen functional groups attached to an aromatic ring is 1. The van der Waals surface area contributed by atoms with Crippen molar-refractivity contribution in [2.24, 2.45) is 5.92 Å². The monoisotopic (exact) mass is 348 g/mol. The third kappa shape index (κ3) is 2.52. The molecule has 0 aliphatic carbocycles. The molecule has 0 saturated carbocycles. The topological polar surface area (TPSA) is 83.6 Å². The fourth-order valence-corrected chi connectivity index (χ4v) is 3.78. The van der Waals surface area contributed by atoms with Gasteiger partial charge in [0.05, 0.1) is 10.5 Å². The molecule has 106 valence electrons. The van der Waals surface area contributed by atoms with E-state index in [1.165, 1.54) is 16.4 Å². The molecule has 0 aromatic heterocycles. The molecule has 1 fully saturated rings. The Hall–Kier alpha value is -0.630. The molecule has 0 amide bonds. The molecule has 0 atom stereocenters. The summed E-state index contributed by atoms with van der Waals surface area (Å²) in [5.41, 5.74) is 5.15. The minimum Gasteiger partial charge on any atom is -0.398 e. The molecule has 3 N–H and O–H groups in total. The van der Waals surface area contributed by atoms with Crippen molar-refractivity contribution in [1.29, 1.82) is 0 Å². The van der Waals surface area contributed by atoms with Gasteiger partial charge in [-0.3, -0.25) is 0 Å². The normalized spacial score (nSPS) is 19.4. The summed E-state index contributed by atoms with van der Waals surface area (Å²) in [6.07, 6.45) is 0. The lowest BCUT2D eigenvalue weighted by molar-refractivity contribution is -0.0932. The lowest BCUT2D eigenvalue weighted by Gasteiger charge is -2.47. The largest absolute Gasteiger partial charge is 0.398 e. The average molecular weight is 349 g/mol. The molecule has 0 bridgehead atoms. The maximum absolute atomic E-state index is 12.3. The number of halogens is 1. The molecule has 7 heteroatoms. The van der Waals surface area contributed by atoms with E-state index in [0.717, 1.165) is 0 Å². The molecule has 1 aromatic carbocycles. The predicted molar refractivity (Wildman–Crippen MR) is 77.1 cm³/mol. The van der Waals surface area contributed by atoms with Gasteiger partial charge in [0.2, 0.25) is 10.0 Å². The first kappa shape index (κ1) is 14.8. The van der Waals surface area contributed by atoms with E-state index in [2.05, 4.69) is 15.9 Å². The van der Waals surface area contributed by atoms with Gasteiger partial charge in [-0.05, 0) is 40.0 Å². The second-order valence-corrected chi connectivity index (χ2v) is 8.01. The van der Waals surface area contributed by atoms with Crippen molar-refractivity contribution >= 4 is 31.6 Å². The third-order valence-electron chi connectivity index (χ3n) is 3.58. The lowest BCUT2D eigenvalue weighted by atomic mass is 9.85. The molecule has 5 nitrogen and oxygen atoms in total. The third-order valence-corrected chi connectivity index (χ3v) is 6.09. The van der Waals surface area contributed by atoms with Crippen molar-refractivity contribution in [1.82, 2.24) is 4.31 Å². The van der Waals surface area contributed by atoms with Crippen molar-refractivity contribution in [3.05, 3.63) is 22.7 Å². The fourth-order valence-electron chi connectivity index (χ4n) is 1.93. The van der Waals surface area contributed by atoms with Crippen molar-refractivity contribution in [3.8, 4) is 0 Å². The van der Waals surface area contributed by atoms with Crippen LogP contribution in [0.5, 0.6) is 0 Å². The van der Waals surface area contributed by atoms with E-state index in [9.17, 15) is 13.5 Å². The first-order chi connectivity index (χ1) is 8.67. The van der Waals surface area contributed by atoms with Gasteiger partial charge in [-0.25, -0.2) is 8.42 Å². The second kappa shape index (κ2) is 4.73. The van der Waals surface area contributed by atoms with Gasteiger partial charge in [-0.2, -0.15) is 4.31 Å². The summed E-state index contributed by atoms with van der Waals surface area (Å²) >= 11 is 3.23. The molecule has 0 spiro atoms. The molecule has 0 unspecified atom stereocenters. The molecule has 1 saturated heterocycles. The van der Waals surface area contributed by atoms with Crippen LogP contribution in [0, 0.1) is 5.92 Å². The first-order valence-electron chi connectivity index (χ1n) is 5.94. The fraction of sp³-hybridized carbons (Fsp3) is 0.500. The first-order valence-corrected chi connectivity index (χ1v) is 8.18. The van der Waals surface area contributed by atoms with Crippen LogP contribution in [0.4, 0.5) is 5.69 Å². The number of hydrogen-bond donors (Lipinski definition) is 2. The number of sulfonamides is 1. The van der Waals surface area contributed by atoms with Gasteiger partial charge in [0, 0.05) is 23.2 Å². The molecule has 2 rings (SSSR count). The van der Waals surface area contributed by atoms with Crippen molar-refractivity contribution in [2.45, 2.75) is 24.3 Å². The van der Waals surface area contributed by atoms with Crippen LogP contribution < -0.4 is 5.73 Å². The average Bonchev–Trinajstić information content (AvgIpc) is 2.27. The number of benzene rings is 1. The Morgan fingerprint density at radius 2 is 2.00 bits per heavy atom. The molecule has 0 radical (unpaired) electrons. The standard InChI is InChI=1S/C12H17BrN2O3S/c1-8(2)12(16)6-15(7-12)19(17,18)9-3-4-10(13)11(14)5-9/h3-5,8,16H,6-7,14H2,1-2H3. The number of β-amino-alcohol motifs (C(OH)–C–C–N with tert-alkyl or cyclic N) is 1. The van der Waals surface area contributed by atoms with Crippen LogP contribution in [0.1, 0.15) is 13.8 Å². The molecule has 19 heavy (non-hydrogen) atoms. The van der Waals surface area contributed by atoms with Crippen molar-refractivity contribution in [3.63, 3.8) is 0 Å². The SMILES string of the molecule is CC(C)C1(O)CN(S(=O)(=O)c2ccc(Br)c(N)c2)C1. The summed E-state index contributed by atoms with van der Waals surface area (Å²) in [7, 11) is -3.57. The van der Waals surface area contributed by atoms with Gasteiger partial charge in [-0.15, -0.1) is 0 Å². The van der Waals surface area contributed by atoms with Crippen molar-refractivity contribution in [2.75, 3.05) is 18.8 Å². The number of anilines is 1. The van der Waals surface area contributed by atoms with Gasteiger partial charge >= 0.3 is 0 Å². The summed E-state index contributed by atoms with van der Waals surface area (Å²) in [5, 5.41) is 10.1. The summed E-state index contributed by atoms with van der Waals surface area (Å²) in [6.45, 7) is 4.01. The van der Waals surface area contributed by atoms with Crippen LogP contribution >= 0.6 is 15.9 Å². The summed E-state index contributed by atoms with van der Waals surface area (Å²) in [5.74, 6) is 0.0222. The number of aliphatic hydroxyl groups is 1. The summed E-state index contributed by atoms with van der Waals surface area (Å²) in [4.78, 5) is 0.152. The van der Waals surface area contributed by atoms with E-state index in [-0.39, 0.29) is 23.9 Å². The number of hydrogen-bond acceptors (Lipinski definition) is 4. The van der Waals surface area contributed by atoms with Crippen LogP contribution in [0.15, 0.2) is 27.6 Å². The number of nitrogens with zero attached hydrogens (tertiary/aromatic N) is 1. The van der Waals surface area contributed by atoms with E-state index >= 15 is 0 Å². The van der Waals surface area contributed by atoms with E-state index in [4.69, 9.17) is 5.73 Å². The second-order valence-electron chi connectivity index (χ2n) is 5.21. The Labute approximate surface area is 121 Å². The zero-order valence-electron chi connectivity index (χ0n) is 10.8. The maximum atomic E-state index is 12.3. The molecule has 1 aliphatic rings. The van der Waals surface area contributed by atoms with E-state index < -0.39 is 15.6 Å². The van der Waals surface area contributed by atoms with Gasteiger partial charge in [0.15, 0.2) is 0 Å². The number of nitrogens with two attached hydrogens (primary N) is 1. The van der Waals surface area contributed by atoms with Crippen LogP contribution in [0.2, 0.25) is 0 Å². The van der Waals surface area contributed by atoms with Crippen LogP contribution in [-0.2, 0) is 10.0 Å². The maximum Gasteiger partial charge on any atom is 0.243 e. The molecular weight excluding hydrogens is 332 g/mol. The molecule has 1 aromatic rings. The quantitative estimate of drug-likeness (QED) is 0.809. The Bertz CT molecular complexity index is 595. The van der Waals surface area contributed by atoms with Gasteiger partial charge in [-0.1, -0.05) is 13.8 Å². The Balaban J connectivity index is 2.23. The minimum atomic E-state index is -3.57. The van der Waals surface area contributed by atoms with Gasteiger partial charge in [0.1, 0.15) is 0 Å². The van der Waals surface area contributed by atoms with Gasteiger partial charge < -0.3 is 10.8 Å². The highest BCUT2D eigenvalue weighted by molar-refractivity contribution is 9.10. The van der Waals surface area contributed by atoms with E-state index in [1.807, 2.05) is 13.8 Å². The van der Waals surface area contributed by atoms with E-state index in [1.54, 1.807) is 6.07 Å². The van der Waals surface area contributed by atoms with Crippen molar-refractivity contribution < 1.29 is 13.5 Å². The summed E-state index contributed by atoms with van der Waals surface area (Å²) in [6, 6.07) is 4.53. The predicted octanol–water partition coefficient (Wildman–Crippen LogP) is 1.42. The molecule has 1 aliphatic heterocycles. The Morgan fingerprint density at radius 3 is 2.47 bits per heavy atom. The Kier molecular flexibility index (Phi) is 3.68. The molecule has 1 heterocycles. The molecular formula is C12H17BrN2O3S. The smallest absolute Gasteiger partial charge is 0.243 e. The zero-order valence-corrected chi connectivity index (χ0v) is 13.2. The Morgan fingerprint density at radius 1 is 1.42 bits per heavy atom. The van der Waals surface area contributed by atoms with Gasteiger partial charge in [0.25, 0.3) is 0 Å². The van der Waals surface area contributed by atoms with Crippen LogP contribution in [0.3, 0.4) is 0 Å². The highest BCUT2D eigenvalue weighted by atomic mass is 79.9. The zero-order chi connectivity index (χ0) is 14.4. The summed E-state index contributed by atoms with van der Waals surface area (Å²) < 4.78 is 26.6. The van der Waals surface area contributed by atoms with E-state index in [0.29, 0.717) is 10.2 Å². The van der Waals surface area contributed by atoms with Crippen LogP contribution in [0.25, 0.3) is 0 Å². The lowest BCUT2D eigenvalue weighted by Crippen LogP contribution is -2.65. The number of rotatable bonds is 3. The highest BCUT2D eigenvalue weighted by Crippen LogP contribution is 2.34. The minimum absolute atomic E-state index is 0.0222. The highest BCUT2D eigenvalue weighted by Gasteiger charge is 2.49. The van der Waals surface area contributed by atoms with Crippen LogP contribution in [-0.4, -0.2) is 36.5 Å².